The topological polar surface area (TPSA) is 65.1 Å². The van der Waals surface area contributed by atoms with E-state index < -0.39 is 0 Å². The minimum Gasteiger partial charge on any atom is -0.377 e. The fourth-order valence-corrected chi connectivity index (χ4v) is 2.63. The van der Waals surface area contributed by atoms with Gasteiger partial charge in [-0.1, -0.05) is 6.92 Å². The number of nitrogens with two attached hydrogens (primary N) is 1. The van der Waals surface area contributed by atoms with Crippen LogP contribution in [0.15, 0.2) is 6.07 Å². The van der Waals surface area contributed by atoms with Crippen LogP contribution in [-0.4, -0.2) is 28.5 Å². The van der Waals surface area contributed by atoms with Crippen molar-refractivity contribution in [3.05, 3.63) is 17.5 Å². The van der Waals surface area contributed by atoms with E-state index in [1.165, 1.54) is 18.5 Å². The molecule has 1 aliphatic rings. The smallest absolute Gasteiger partial charge is 0.0773 e. The van der Waals surface area contributed by atoms with Crippen molar-refractivity contribution < 1.29 is 4.74 Å². The van der Waals surface area contributed by atoms with E-state index in [-0.39, 0.29) is 12.1 Å². The number of aryl methyl sites for hydroxylation is 2. The van der Waals surface area contributed by atoms with Gasteiger partial charge in [0.05, 0.1) is 17.8 Å². The summed E-state index contributed by atoms with van der Waals surface area (Å²) in [5, 5.41) is 4.49. The van der Waals surface area contributed by atoms with Crippen LogP contribution in [0.4, 0.5) is 0 Å². The van der Waals surface area contributed by atoms with E-state index in [1.807, 2.05) is 18.7 Å². The van der Waals surface area contributed by atoms with Gasteiger partial charge in [0.25, 0.3) is 0 Å². The minimum atomic E-state index is 0.160. The van der Waals surface area contributed by atoms with Crippen LogP contribution in [0.2, 0.25) is 0 Å². The molecule has 1 fully saturated rings. The molecule has 2 atom stereocenters. The van der Waals surface area contributed by atoms with E-state index in [0.29, 0.717) is 5.92 Å². The number of aromatic nitrogens is 2. The van der Waals surface area contributed by atoms with Crippen LogP contribution in [0.1, 0.15) is 38.1 Å². The predicted octanol–water partition coefficient (Wildman–Crippen LogP) is 1.17. The van der Waals surface area contributed by atoms with Gasteiger partial charge in [-0.15, -0.1) is 0 Å². The molecule has 108 valence electrons. The predicted molar refractivity (Wildman–Crippen MR) is 75.5 cm³/mol. The number of hydrogen-bond donors (Lipinski definition) is 2. The van der Waals surface area contributed by atoms with Gasteiger partial charge in [-0.05, 0) is 38.2 Å². The molecule has 1 aromatic rings. The summed E-state index contributed by atoms with van der Waals surface area (Å²) in [6, 6.07) is 2.33. The van der Waals surface area contributed by atoms with Crippen molar-refractivity contribution in [2.24, 2.45) is 18.8 Å². The van der Waals surface area contributed by atoms with E-state index in [4.69, 9.17) is 10.6 Å². The Hall–Kier alpha value is -0.910. The molecule has 0 radical (unpaired) electrons. The Kier molecular flexibility index (Phi) is 4.96. The number of nitrogens with zero attached hydrogens (tertiary/aromatic N) is 2. The molecule has 1 aromatic heterocycles. The second kappa shape index (κ2) is 6.50. The largest absolute Gasteiger partial charge is 0.377 e. The third-order valence-corrected chi connectivity index (χ3v) is 3.88. The first-order chi connectivity index (χ1) is 9.19. The lowest BCUT2D eigenvalue weighted by molar-refractivity contribution is 0.0188. The highest BCUT2D eigenvalue weighted by Crippen LogP contribution is 2.36. The van der Waals surface area contributed by atoms with E-state index in [9.17, 15) is 0 Å². The third-order valence-electron chi connectivity index (χ3n) is 3.88. The van der Waals surface area contributed by atoms with Crippen LogP contribution in [-0.2, 0) is 24.6 Å². The van der Waals surface area contributed by atoms with E-state index in [1.54, 1.807) is 0 Å². The Balaban J connectivity index is 2.06. The molecule has 2 unspecified atom stereocenters. The summed E-state index contributed by atoms with van der Waals surface area (Å²) in [5.74, 6) is 6.41. The van der Waals surface area contributed by atoms with Crippen molar-refractivity contribution in [2.75, 3.05) is 6.61 Å². The van der Waals surface area contributed by atoms with Crippen molar-refractivity contribution in [3.63, 3.8) is 0 Å². The zero-order chi connectivity index (χ0) is 13.8. The summed E-state index contributed by atoms with van der Waals surface area (Å²) >= 11 is 0. The second-order valence-corrected chi connectivity index (χ2v) is 5.34. The molecule has 1 heterocycles. The van der Waals surface area contributed by atoms with Gasteiger partial charge in [0, 0.05) is 25.8 Å². The lowest BCUT2D eigenvalue weighted by atomic mass is 10.0. The normalized spacial score (nSPS) is 18.5. The molecule has 19 heavy (non-hydrogen) atoms. The van der Waals surface area contributed by atoms with Gasteiger partial charge in [0.2, 0.25) is 0 Å². The van der Waals surface area contributed by atoms with E-state index in [2.05, 4.69) is 23.5 Å². The first kappa shape index (κ1) is 14.5. The highest BCUT2D eigenvalue weighted by atomic mass is 16.5. The van der Waals surface area contributed by atoms with Crippen molar-refractivity contribution in [2.45, 2.75) is 51.7 Å². The second-order valence-electron chi connectivity index (χ2n) is 5.34. The number of hydrogen-bond acceptors (Lipinski definition) is 4. The zero-order valence-corrected chi connectivity index (χ0v) is 12.2. The third kappa shape index (κ3) is 3.55. The van der Waals surface area contributed by atoms with Gasteiger partial charge in [-0.3, -0.25) is 16.0 Å². The van der Waals surface area contributed by atoms with Gasteiger partial charge < -0.3 is 4.74 Å². The van der Waals surface area contributed by atoms with Crippen molar-refractivity contribution in [1.82, 2.24) is 15.2 Å². The quantitative estimate of drug-likeness (QED) is 0.547. The van der Waals surface area contributed by atoms with Crippen LogP contribution in [0.25, 0.3) is 0 Å². The van der Waals surface area contributed by atoms with Gasteiger partial charge in [0.1, 0.15) is 0 Å². The molecule has 0 bridgehead atoms. The summed E-state index contributed by atoms with van der Waals surface area (Å²) in [5.41, 5.74) is 5.29. The van der Waals surface area contributed by atoms with Crippen LogP contribution >= 0.6 is 0 Å². The molecule has 2 rings (SSSR count). The van der Waals surface area contributed by atoms with Crippen molar-refractivity contribution >= 4 is 0 Å². The van der Waals surface area contributed by atoms with Gasteiger partial charge >= 0.3 is 0 Å². The van der Waals surface area contributed by atoms with E-state index >= 15 is 0 Å². The molecular weight excluding hydrogens is 240 g/mol. The van der Waals surface area contributed by atoms with E-state index in [0.717, 1.165) is 25.1 Å². The zero-order valence-electron chi connectivity index (χ0n) is 12.2. The molecule has 5 nitrogen and oxygen atoms in total. The molecule has 0 spiro atoms. The van der Waals surface area contributed by atoms with Gasteiger partial charge in [0.15, 0.2) is 0 Å². The molecule has 0 aromatic carbocycles. The Morgan fingerprint density at radius 3 is 2.74 bits per heavy atom. The number of hydrazine groups is 1. The molecule has 1 aliphatic carbocycles. The Labute approximate surface area is 115 Å². The first-order valence-corrected chi connectivity index (χ1v) is 7.29. The fraction of sp³-hybridized carbons (Fsp3) is 0.786. The van der Waals surface area contributed by atoms with Crippen LogP contribution in [0, 0.1) is 5.92 Å². The number of ether oxygens (including phenoxy) is 1. The Bertz CT molecular complexity index is 400. The molecule has 0 saturated heterocycles. The molecular formula is C14H26N4O. The monoisotopic (exact) mass is 266 g/mol. The maximum atomic E-state index is 5.89. The molecule has 0 aliphatic heterocycles. The van der Waals surface area contributed by atoms with Gasteiger partial charge in [-0.2, -0.15) is 5.10 Å². The maximum Gasteiger partial charge on any atom is 0.0773 e. The Morgan fingerprint density at radius 2 is 2.26 bits per heavy atom. The van der Waals surface area contributed by atoms with Crippen LogP contribution < -0.4 is 11.3 Å². The van der Waals surface area contributed by atoms with Crippen LogP contribution in [0.3, 0.4) is 0 Å². The average molecular weight is 266 g/mol. The number of nitrogens with one attached hydrogen (secondary N) is 1. The minimum absolute atomic E-state index is 0.160. The highest BCUT2D eigenvalue weighted by Gasteiger charge is 2.37. The molecule has 1 saturated carbocycles. The van der Waals surface area contributed by atoms with Crippen LogP contribution in [0.5, 0.6) is 0 Å². The first-order valence-electron chi connectivity index (χ1n) is 7.29. The van der Waals surface area contributed by atoms with Crippen molar-refractivity contribution in [3.8, 4) is 0 Å². The highest BCUT2D eigenvalue weighted by molar-refractivity contribution is 5.12. The number of rotatable bonds is 8. The SMILES string of the molecule is CCOC(C1CC1)C(Cc1cc(CC)nn1C)NN. The molecule has 3 N–H and O–H groups in total. The average Bonchev–Trinajstić information content (AvgIpc) is 3.18. The summed E-state index contributed by atoms with van der Waals surface area (Å²) < 4.78 is 7.85. The summed E-state index contributed by atoms with van der Waals surface area (Å²) in [4.78, 5) is 0. The van der Waals surface area contributed by atoms with Crippen molar-refractivity contribution in [1.29, 1.82) is 0 Å². The maximum absolute atomic E-state index is 5.89. The summed E-state index contributed by atoms with van der Waals surface area (Å²) in [6.45, 7) is 4.91. The lowest BCUT2D eigenvalue weighted by Gasteiger charge is -2.26. The lowest BCUT2D eigenvalue weighted by Crippen LogP contribution is -2.48. The molecule has 5 heteroatoms. The fourth-order valence-electron chi connectivity index (χ4n) is 2.63. The standard InChI is InChI=1S/C14H26N4O/c1-4-11-8-12(18(3)17-11)9-13(16-15)14(19-5-2)10-6-7-10/h8,10,13-14,16H,4-7,9,15H2,1-3H3. The summed E-state index contributed by atoms with van der Waals surface area (Å²) in [7, 11) is 1.99. The Morgan fingerprint density at radius 1 is 1.53 bits per heavy atom. The molecule has 0 amide bonds. The summed E-state index contributed by atoms with van der Waals surface area (Å²) in [6.07, 6.45) is 4.56. The van der Waals surface area contributed by atoms with Gasteiger partial charge in [-0.25, -0.2) is 0 Å².